The van der Waals surface area contributed by atoms with E-state index < -0.39 is 0 Å². The fourth-order valence-electron chi connectivity index (χ4n) is 3.00. The molecule has 3 heterocycles. The van der Waals surface area contributed by atoms with Gasteiger partial charge in [-0.1, -0.05) is 12.1 Å². The van der Waals surface area contributed by atoms with Crippen LogP contribution in [0.3, 0.4) is 0 Å². The second kappa shape index (κ2) is 5.62. The molecule has 1 aliphatic heterocycles. The number of ether oxygens (including phenoxy) is 1. The van der Waals surface area contributed by atoms with E-state index >= 15 is 0 Å². The standard InChI is InChI=1S/C17H19N5O/c1-12-9-13(10-21(12)2)23-16-14-5-3-4-6-15(14)19-17(20-16)22-8-7-18-11-22/h3-8,11-13H,9-10H2,1-2H3. The van der Waals surface area contributed by atoms with Gasteiger partial charge < -0.3 is 4.74 Å². The number of aromatic nitrogens is 4. The van der Waals surface area contributed by atoms with E-state index in [1.165, 1.54) is 0 Å². The number of benzene rings is 1. The van der Waals surface area contributed by atoms with Crippen molar-refractivity contribution in [1.29, 1.82) is 0 Å². The first-order valence-corrected chi connectivity index (χ1v) is 7.83. The maximum atomic E-state index is 6.24. The Balaban J connectivity index is 1.75. The minimum absolute atomic E-state index is 0.156. The van der Waals surface area contributed by atoms with Crippen LogP contribution in [0, 0.1) is 0 Å². The molecule has 4 rings (SSSR count). The van der Waals surface area contributed by atoms with Gasteiger partial charge in [0.25, 0.3) is 0 Å². The van der Waals surface area contributed by atoms with Gasteiger partial charge in [0.1, 0.15) is 12.4 Å². The zero-order valence-electron chi connectivity index (χ0n) is 13.3. The van der Waals surface area contributed by atoms with Crippen molar-refractivity contribution < 1.29 is 4.74 Å². The molecule has 1 aliphatic rings. The lowest BCUT2D eigenvalue weighted by molar-refractivity contribution is 0.202. The van der Waals surface area contributed by atoms with E-state index in [-0.39, 0.29) is 6.10 Å². The summed E-state index contributed by atoms with van der Waals surface area (Å²) >= 11 is 0. The van der Waals surface area contributed by atoms with Crippen molar-refractivity contribution in [1.82, 2.24) is 24.4 Å². The Morgan fingerprint density at radius 2 is 2.09 bits per heavy atom. The third kappa shape index (κ3) is 2.66. The van der Waals surface area contributed by atoms with Crippen molar-refractivity contribution in [2.45, 2.75) is 25.5 Å². The summed E-state index contributed by atoms with van der Waals surface area (Å²) in [7, 11) is 2.13. The van der Waals surface area contributed by atoms with Crippen LogP contribution < -0.4 is 4.74 Å². The zero-order valence-corrected chi connectivity index (χ0v) is 13.3. The summed E-state index contributed by atoms with van der Waals surface area (Å²) in [4.78, 5) is 15.6. The van der Waals surface area contributed by atoms with Gasteiger partial charge in [0.15, 0.2) is 0 Å². The van der Waals surface area contributed by atoms with Crippen molar-refractivity contribution in [3.63, 3.8) is 0 Å². The minimum atomic E-state index is 0.156. The molecule has 0 radical (unpaired) electrons. The molecule has 1 saturated heterocycles. The molecule has 0 aliphatic carbocycles. The third-order valence-corrected chi connectivity index (χ3v) is 4.42. The Hall–Kier alpha value is -2.47. The molecule has 2 atom stereocenters. The van der Waals surface area contributed by atoms with Gasteiger partial charge in [0.05, 0.1) is 10.9 Å². The Kier molecular flexibility index (Phi) is 3.46. The van der Waals surface area contributed by atoms with Gasteiger partial charge in [-0.3, -0.25) is 9.47 Å². The average molecular weight is 309 g/mol. The van der Waals surface area contributed by atoms with E-state index in [9.17, 15) is 0 Å². The molecular weight excluding hydrogens is 290 g/mol. The summed E-state index contributed by atoms with van der Waals surface area (Å²) in [6.07, 6.45) is 6.41. The molecule has 23 heavy (non-hydrogen) atoms. The van der Waals surface area contributed by atoms with Crippen LogP contribution in [0.15, 0.2) is 43.0 Å². The van der Waals surface area contributed by atoms with Gasteiger partial charge >= 0.3 is 0 Å². The number of hydrogen-bond acceptors (Lipinski definition) is 5. The third-order valence-electron chi connectivity index (χ3n) is 4.42. The first-order chi connectivity index (χ1) is 11.2. The quantitative estimate of drug-likeness (QED) is 0.743. The van der Waals surface area contributed by atoms with Gasteiger partial charge in [-0.15, -0.1) is 0 Å². The second-order valence-corrected chi connectivity index (χ2v) is 6.08. The van der Waals surface area contributed by atoms with Gasteiger partial charge in [0, 0.05) is 31.4 Å². The Morgan fingerprint density at radius 1 is 1.22 bits per heavy atom. The lowest BCUT2D eigenvalue weighted by Gasteiger charge is -2.15. The van der Waals surface area contributed by atoms with Gasteiger partial charge in [-0.25, -0.2) is 9.97 Å². The molecule has 0 N–H and O–H groups in total. The minimum Gasteiger partial charge on any atom is -0.472 e. The number of nitrogens with zero attached hydrogens (tertiary/aromatic N) is 5. The zero-order chi connectivity index (χ0) is 15.8. The Morgan fingerprint density at radius 3 is 2.83 bits per heavy atom. The number of para-hydroxylation sites is 1. The van der Waals surface area contributed by atoms with Crippen molar-refractivity contribution in [3.05, 3.63) is 43.0 Å². The SMILES string of the molecule is CC1CC(Oc2nc(-n3ccnc3)nc3ccccc23)CN1C. The fourth-order valence-corrected chi connectivity index (χ4v) is 3.00. The first-order valence-electron chi connectivity index (χ1n) is 7.83. The van der Waals surface area contributed by atoms with E-state index in [0.29, 0.717) is 17.9 Å². The van der Waals surface area contributed by atoms with Crippen LogP contribution in [0.2, 0.25) is 0 Å². The summed E-state index contributed by atoms with van der Waals surface area (Å²) in [6.45, 7) is 3.14. The molecule has 2 unspecified atom stereocenters. The van der Waals surface area contributed by atoms with Crippen LogP contribution in [0.5, 0.6) is 5.88 Å². The normalized spacial score (nSPS) is 21.8. The highest BCUT2D eigenvalue weighted by Crippen LogP contribution is 2.27. The second-order valence-electron chi connectivity index (χ2n) is 6.08. The largest absolute Gasteiger partial charge is 0.472 e. The highest BCUT2D eigenvalue weighted by molar-refractivity contribution is 5.83. The Bertz CT molecular complexity index is 807. The number of likely N-dealkylation sites (tertiary alicyclic amines) is 1. The maximum absolute atomic E-state index is 6.24. The van der Waals surface area contributed by atoms with Gasteiger partial charge in [-0.05, 0) is 26.1 Å². The smallest absolute Gasteiger partial charge is 0.238 e. The molecule has 0 spiro atoms. The lowest BCUT2D eigenvalue weighted by atomic mass is 10.2. The molecule has 2 aromatic heterocycles. The topological polar surface area (TPSA) is 56.1 Å². The van der Waals surface area contributed by atoms with Gasteiger partial charge in [-0.2, -0.15) is 4.98 Å². The predicted octanol–water partition coefficient (Wildman–Crippen LogP) is 2.29. The average Bonchev–Trinajstić information content (AvgIpc) is 3.18. The van der Waals surface area contributed by atoms with Crippen LogP contribution in [0.1, 0.15) is 13.3 Å². The molecule has 0 saturated carbocycles. The van der Waals surface area contributed by atoms with Crippen LogP contribution in [0.4, 0.5) is 0 Å². The molecule has 1 aromatic carbocycles. The molecular formula is C17H19N5O. The Labute approximate surface area is 134 Å². The molecule has 0 bridgehead atoms. The van der Waals surface area contributed by atoms with E-state index in [4.69, 9.17) is 4.74 Å². The number of likely N-dealkylation sites (N-methyl/N-ethyl adjacent to an activating group) is 1. The van der Waals surface area contributed by atoms with Crippen LogP contribution in [-0.2, 0) is 0 Å². The summed E-state index contributed by atoms with van der Waals surface area (Å²) < 4.78 is 8.04. The summed E-state index contributed by atoms with van der Waals surface area (Å²) in [5.41, 5.74) is 0.876. The number of fused-ring (bicyclic) bond motifs is 1. The molecule has 118 valence electrons. The summed E-state index contributed by atoms with van der Waals surface area (Å²) in [6, 6.07) is 8.47. The number of imidazole rings is 1. The van der Waals surface area contributed by atoms with Crippen molar-refractivity contribution in [2.75, 3.05) is 13.6 Å². The number of hydrogen-bond donors (Lipinski definition) is 0. The van der Waals surface area contributed by atoms with Crippen molar-refractivity contribution >= 4 is 10.9 Å². The van der Waals surface area contributed by atoms with Gasteiger partial charge in [0.2, 0.25) is 11.8 Å². The monoisotopic (exact) mass is 309 g/mol. The molecule has 3 aromatic rings. The molecule has 1 fully saturated rings. The van der Waals surface area contributed by atoms with Crippen molar-refractivity contribution in [3.8, 4) is 11.8 Å². The van der Waals surface area contributed by atoms with Crippen LogP contribution >= 0.6 is 0 Å². The maximum Gasteiger partial charge on any atom is 0.238 e. The highest BCUT2D eigenvalue weighted by Gasteiger charge is 2.28. The predicted molar refractivity (Wildman–Crippen MR) is 87.8 cm³/mol. The molecule has 6 heteroatoms. The van der Waals surface area contributed by atoms with E-state index in [2.05, 4.69) is 33.8 Å². The summed E-state index contributed by atoms with van der Waals surface area (Å²) in [5.74, 6) is 1.22. The number of rotatable bonds is 3. The van der Waals surface area contributed by atoms with Crippen LogP contribution in [-0.4, -0.2) is 50.2 Å². The van der Waals surface area contributed by atoms with E-state index in [1.807, 2.05) is 30.5 Å². The molecule has 6 nitrogen and oxygen atoms in total. The lowest BCUT2D eigenvalue weighted by Crippen LogP contribution is -2.24. The van der Waals surface area contributed by atoms with E-state index in [1.54, 1.807) is 17.1 Å². The first kappa shape index (κ1) is 14.1. The van der Waals surface area contributed by atoms with Crippen molar-refractivity contribution in [2.24, 2.45) is 0 Å². The fraction of sp³-hybridized carbons (Fsp3) is 0.353. The van der Waals surface area contributed by atoms with Crippen LogP contribution in [0.25, 0.3) is 16.9 Å². The molecule has 0 amide bonds. The highest BCUT2D eigenvalue weighted by atomic mass is 16.5. The summed E-state index contributed by atoms with van der Waals surface area (Å²) in [5, 5.41) is 0.943. The van der Waals surface area contributed by atoms with E-state index in [0.717, 1.165) is 23.9 Å².